The molecular weight excluding hydrogens is 428 g/mol. The average Bonchev–Trinajstić information content (AvgIpc) is 3.14. The van der Waals surface area contributed by atoms with E-state index in [0.29, 0.717) is 5.69 Å². The SMILES string of the molecule is CCc1cccc2cc3c(nc12)-c1c(OC(C)(O)O)c2c(c(=O)n1C3)COC(=O)[C@]2(O)CC. The molecule has 0 amide bonds. The van der Waals surface area contributed by atoms with Gasteiger partial charge >= 0.3 is 11.9 Å². The molecule has 0 aliphatic carbocycles. The average molecular weight is 452 g/mol. The van der Waals surface area contributed by atoms with E-state index in [1.807, 2.05) is 31.2 Å². The Hall–Kier alpha value is -3.27. The van der Waals surface area contributed by atoms with Gasteiger partial charge in [-0.25, -0.2) is 9.78 Å². The number of aromatic nitrogens is 2. The van der Waals surface area contributed by atoms with Gasteiger partial charge in [0, 0.05) is 17.9 Å². The number of benzene rings is 1. The van der Waals surface area contributed by atoms with Crippen molar-refractivity contribution < 1.29 is 29.6 Å². The second-order valence-electron chi connectivity index (χ2n) is 8.59. The lowest BCUT2D eigenvalue weighted by molar-refractivity contribution is -0.278. The number of carbonyl (C=O) groups excluding carboxylic acids is 1. The summed E-state index contributed by atoms with van der Waals surface area (Å²) < 4.78 is 12.0. The lowest BCUT2D eigenvalue weighted by Crippen LogP contribution is -2.46. The summed E-state index contributed by atoms with van der Waals surface area (Å²) >= 11 is 0. The molecule has 3 aromatic rings. The fourth-order valence-corrected chi connectivity index (χ4v) is 4.76. The molecule has 9 heteroatoms. The van der Waals surface area contributed by atoms with Gasteiger partial charge in [-0.2, -0.15) is 0 Å². The summed E-state index contributed by atoms with van der Waals surface area (Å²) in [5.74, 6) is -3.74. The summed E-state index contributed by atoms with van der Waals surface area (Å²) in [6.45, 7) is 4.41. The molecule has 172 valence electrons. The Kier molecular flexibility index (Phi) is 4.65. The number of aryl methyl sites for hydroxylation is 1. The van der Waals surface area contributed by atoms with Gasteiger partial charge in [0.25, 0.3) is 5.56 Å². The van der Waals surface area contributed by atoms with E-state index in [-0.39, 0.29) is 42.1 Å². The van der Waals surface area contributed by atoms with Crippen molar-refractivity contribution in [3.8, 4) is 17.1 Å². The Morgan fingerprint density at radius 2 is 2.03 bits per heavy atom. The van der Waals surface area contributed by atoms with Gasteiger partial charge in [-0.3, -0.25) is 9.36 Å². The predicted octanol–water partition coefficient (Wildman–Crippen LogP) is 1.68. The number of aliphatic hydroxyl groups is 3. The van der Waals surface area contributed by atoms with E-state index < -0.39 is 23.1 Å². The zero-order valence-corrected chi connectivity index (χ0v) is 18.5. The summed E-state index contributed by atoms with van der Waals surface area (Å²) in [5, 5.41) is 32.4. The predicted molar refractivity (Wildman–Crippen MR) is 117 cm³/mol. The maximum atomic E-state index is 13.5. The fraction of sp³-hybridized carbons (Fsp3) is 0.375. The van der Waals surface area contributed by atoms with Crippen LogP contribution < -0.4 is 10.3 Å². The zero-order valence-electron chi connectivity index (χ0n) is 18.5. The zero-order chi connectivity index (χ0) is 23.7. The van der Waals surface area contributed by atoms with E-state index >= 15 is 0 Å². The second-order valence-corrected chi connectivity index (χ2v) is 8.59. The molecule has 0 fully saturated rings. The van der Waals surface area contributed by atoms with Crippen LogP contribution in [0.3, 0.4) is 0 Å². The van der Waals surface area contributed by atoms with Crippen LogP contribution in [-0.4, -0.2) is 36.8 Å². The molecule has 0 radical (unpaired) electrons. The maximum absolute atomic E-state index is 13.5. The summed E-state index contributed by atoms with van der Waals surface area (Å²) in [4.78, 5) is 30.9. The first kappa shape index (κ1) is 21.6. The van der Waals surface area contributed by atoms with Gasteiger partial charge in [-0.15, -0.1) is 0 Å². The van der Waals surface area contributed by atoms with Gasteiger partial charge in [0.1, 0.15) is 12.3 Å². The smallest absolute Gasteiger partial charge is 0.343 e. The summed E-state index contributed by atoms with van der Waals surface area (Å²) in [7, 11) is 0. The van der Waals surface area contributed by atoms with Crippen molar-refractivity contribution in [3.05, 3.63) is 56.9 Å². The highest BCUT2D eigenvalue weighted by atomic mass is 16.8. The number of ether oxygens (including phenoxy) is 2. The molecule has 0 bridgehead atoms. The van der Waals surface area contributed by atoms with Gasteiger partial charge in [-0.05, 0) is 24.5 Å². The van der Waals surface area contributed by atoms with Crippen molar-refractivity contribution in [2.75, 3.05) is 0 Å². The van der Waals surface area contributed by atoms with Crippen molar-refractivity contribution in [1.29, 1.82) is 0 Å². The highest BCUT2D eigenvalue weighted by molar-refractivity contribution is 5.90. The molecule has 3 N–H and O–H groups in total. The number of nitrogens with zero attached hydrogens (tertiary/aromatic N) is 2. The molecular formula is C24H24N2O7. The van der Waals surface area contributed by atoms with E-state index in [4.69, 9.17) is 14.5 Å². The van der Waals surface area contributed by atoms with Crippen molar-refractivity contribution >= 4 is 16.9 Å². The number of para-hydroxylation sites is 1. The normalized spacial score (nSPS) is 19.2. The topological polar surface area (TPSA) is 131 Å². The van der Waals surface area contributed by atoms with Crippen LogP contribution in [0, 0.1) is 0 Å². The van der Waals surface area contributed by atoms with Gasteiger partial charge < -0.3 is 24.8 Å². The minimum absolute atomic E-state index is 0.0357. The molecule has 9 nitrogen and oxygen atoms in total. The Balaban J connectivity index is 1.91. The van der Waals surface area contributed by atoms with Crippen LogP contribution in [0.2, 0.25) is 0 Å². The Morgan fingerprint density at radius 3 is 2.70 bits per heavy atom. The van der Waals surface area contributed by atoms with Gasteiger partial charge in [-0.1, -0.05) is 32.0 Å². The Bertz CT molecular complexity index is 1390. The minimum atomic E-state index is -2.64. The number of carbonyl (C=O) groups is 1. The number of esters is 1. The van der Waals surface area contributed by atoms with Gasteiger partial charge in [0.05, 0.1) is 28.9 Å². The molecule has 0 saturated carbocycles. The highest BCUT2D eigenvalue weighted by Crippen LogP contribution is 2.47. The molecule has 1 aromatic carbocycles. The Morgan fingerprint density at radius 1 is 1.27 bits per heavy atom. The van der Waals surface area contributed by atoms with Crippen LogP contribution in [0.4, 0.5) is 0 Å². The molecule has 33 heavy (non-hydrogen) atoms. The third-order valence-electron chi connectivity index (χ3n) is 6.37. The first-order chi connectivity index (χ1) is 15.6. The summed E-state index contributed by atoms with van der Waals surface area (Å²) in [6, 6.07) is 7.80. The molecule has 0 saturated heterocycles. The van der Waals surface area contributed by atoms with Crippen LogP contribution in [0.1, 0.15) is 49.4 Å². The number of hydrogen-bond acceptors (Lipinski definition) is 8. The van der Waals surface area contributed by atoms with Crippen LogP contribution >= 0.6 is 0 Å². The molecule has 0 spiro atoms. The standard InChI is InChI=1S/C24H24N2O7/c1-4-12-7-6-8-13-9-14-10-26-19(18(14)25-17(12)13)20(33-23(3,29)30)16-15(21(26)27)11-32-22(28)24(16,31)5-2/h6-9,29-31H,4-5,10-11H2,1-3H3/t24-/m0/s1. The van der Waals surface area contributed by atoms with E-state index in [1.54, 1.807) is 6.92 Å². The van der Waals surface area contributed by atoms with Gasteiger partial charge in [0.2, 0.25) is 0 Å². The third-order valence-corrected chi connectivity index (χ3v) is 6.37. The number of fused-ring (bicyclic) bond motifs is 5. The largest absolute Gasteiger partial charge is 0.458 e. The van der Waals surface area contributed by atoms with Crippen molar-refractivity contribution in [2.45, 2.75) is 58.3 Å². The first-order valence-corrected chi connectivity index (χ1v) is 10.8. The fourth-order valence-electron chi connectivity index (χ4n) is 4.76. The summed E-state index contributed by atoms with van der Waals surface area (Å²) in [6.07, 6.45) is 0.639. The van der Waals surface area contributed by atoms with Crippen LogP contribution in [0.5, 0.6) is 5.75 Å². The van der Waals surface area contributed by atoms with E-state index in [9.17, 15) is 24.9 Å². The lowest BCUT2D eigenvalue weighted by Gasteiger charge is -2.34. The molecule has 1 atom stereocenters. The van der Waals surface area contributed by atoms with Crippen LogP contribution in [0.15, 0.2) is 29.1 Å². The van der Waals surface area contributed by atoms with Crippen molar-refractivity contribution in [1.82, 2.24) is 9.55 Å². The van der Waals surface area contributed by atoms with Crippen molar-refractivity contribution in [2.24, 2.45) is 0 Å². The molecule has 2 aliphatic rings. The molecule has 2 aliphatic heterocycles. The number of cyclic esters (lactones) is 1. The number of rotatable bonds is 4. The molecule has 0 unspecified atom stereocenters. The molecule has 5 rings (SSSR count). The maximum Gasteiger partial charge on any atom is 0.343 e. The molecule has 2 aromatic heterocycles. The van der Waals surface area contributed by atoms with Gasteiger partial charge in [0.15, 0.2) is 11.4 Å². The van der Waals surface area contributed by atoms with Crippen molar-refractivity contribution in [3.63, 3.8) is 0 Å². The van der Waals surface area contributed by atoms with E-state index in [2.05, 4.69) is 0 Å². The van der Waals surface area contributed by atoms with Crippen LogP contribution in [0.25, 0.3) is 22.3 Å². The Labute approximate surface area is 188 Å². The summed E-state index contributed by atoms with van der Waals surface area (Å²) in [5.41, 5.74) is 0.420. The lowest BCUT2D eigenvalue weighted by atomic mass is 9.85. The molecule has 4 heterocycles. The number of pyridine rings is 2. The second kappa shape index (κ2) is 7.11. The monoisotopic (exact) mass is 452 g/mol. The first-order valence-electron chi connectivity index (χ1n) is 10.8. The van der Waals surface area contributed by atoms with E-state index in [0.717, 1.165) is 35.4 Å². The minimum Gasteiger partial charge on any atom is -0.458 e. The third kappa shape index (κ3) is 3.07. The van der Waals surface area contributed by atoms with Crippen LogP contribution in [-0.2, 0) is 34.7 Å². The highest BCUT2D eigenvalue weighted by Gasteiger charge is 2.49. The number of hydrogen-bond donors (Lipinski definition) is 3. The quantitative estimate of drug-likeness (QED) is 0.315. The van der Waals surface area contributed by atoms with E-state index in [1.165, 1.54) is 4.57 Å².